The quantitative estimate of drug-likeness (QED) is 0.875. The van der Waals surface area contributed by atoms with E-state index >= 15 is 0 Å². The van der Waals surface area contributed by atoms with Crippen molar-refractivity contribution in [3.63, 3.8) is 0 Å². The van der Waals surface area contributed by atoms with Crippen LogP contribution in [-0.4, -0.2) is 42.6 Å². The van der Waals surface area contributed by atoms with E-state index in [2.05, 4.69) is 20.2 Å². The molecule has 0 spiro atoms. The first-order valence-electron chi connectivity index (χ1n) is 8.74. The van der Waals surface area contributed by atoms with Gasteiger partial charge >= 0.3 is 0 Å². The van der Waals surface area contributed by atoms with Crippen LogP contribution >= 0.6 is 0 Å². The van der Waals surface area contributed by atoms with Gasteiger partial charge < -0.3 is 15.0 Å². The highest BCUT2D eigenvalue weighted by atomic mass is 16.5. The zero-order valence-electron chi connectivity index (χ0n) is 14.6. The van der Waals surface area contributed by atoms with E-state index in [0.717, 1.165) is 36.6 Å². The van der Waals surface area contributed by atoms with Crippen LogP contribution in [0.3, 0.4) is 0 Å². The van der Waals surface area contributed by atoms with Crippen molar-refractivity contribution >= 4 is 11.7 Å². The van der Waals surface area contributed by atoms with E-state index in [1.54, 1.807) is 13.2 Å². The lowest BCUT2D eigenvalue weighted by Gasteiger charge is -2.27. The van der Waals surface area contributed by atoms with Crippen LogP contribution in [0, 0.1) is 0 Å². The molecule has 3 rings (SSSR count). The molecule has 0 atom stereocenters. The SMILES string of the molecule is COc1ccc(CCNC(=O)c2cc(N3CCCCC3)ncn2)cc1. The van der Waals surface area contributed by atoms with Crippen LogP contribution in [0.15, 0.2) is 36.7 Å². The number of nitrogens with one attached hydrogen (secondary N) is 1. The number of benzene rings is 1. The molecule has 2 aromatic rings. The third-order valence-electron chi connectivity index (χ3n) is 4.42. The normalized spacial score (nSPS) is 14.2. The monoisotopic (exact) mass is 340 g/mol. The van der Waals surface area contributed by atoms with Crippen LogP contribution in [0.4, 0.5) is 5.82 Å². The highest BCUT2D eigenvalue weighted by molar-refractivity contribution is 5.92. The molecule has 1 aromatic heterocycles. The average Bonchev–Trinajstić information content (AvgIpc) is 2.69. The standard InChI is InChI=1S/C19H24N4O2/c1-25-16-7-5-15(6-8-16)9-10-20-19(24)17-13-18(22-14-21-17)23-11-3-2-4-12-23/h5-8,13-14H,2-4,9-12H2,1H3,(H,20,24). The number of carbonyl (C=O) groups is 1. The van der Waals surface area contributed by atoms with Crippen molar-refractivity contribution in [1.29, 1.82) is 0 Å². The zero-order valence-corrected chi connectivity index (χ0v) is 14.6. The maximum atomic E-state index is 12.3. The lowest BCUT2D eigenvalue weighted by atomic mass is 10.1. The minimum atomic E-state index is -0.158. The first-order chi connectivity index (χ1) is 12.3. The van der Waals surface area contributed by atoms with E-state index in [0.29, 0.717) is 12.2 Å². The molecule has 1 N–H and O–H groups in total. The van der Waals surface area contributed by atoms with Gasteiger partial charge in [-0.3, -0.25) is 4.79 Å². The molecular formula is C19H24N4O2. The molecule has 6 nitrogen and oxygen atoms in total. The maximum absolute atomic E-state index is 12.3. The van der Waals surface area contributed by atoms with Crippen LogP contribution in [0.5, 0.6) is 5.75 Å². The van der Waals surface area contributed by atoms with Gasteiger partial charge in [0.1, 0.15) is 23.6 Å². The molecule has 132 valence electrons. The number of hydrogen-bond donors (Lipinski definition) is 1. The molecule has 1 aliphatic rings. The Hall–Kier alpha value is -2.63. The van der Waals surface area contributed by atoms with Crippen LogP contribution in [0.2, 0.25) is 0 Å². The maximum Gasteiger partial charge on any atom is 0.270 e. The fraction of sp³-hybridized carbons (Fsp3) is 0.421. The molecule has 1 saturated heterocycles. The van der Waals surface area contributed by atoms with Gasteiger partial charge in [-0.05, 0) is 43.4 Å². The lowest BCUT2D eigenvalue weighted by Crippen LogP contribution is -2.31. The Kier molecular flexibility index (Phi) is 5.82. The van der Waals surface area contributed by atoms with Crippen LogP contribution in [0.1, 0.15) is 35.3 Å². The summed E-state index contributed by atoms with van der Waals surface area (Å²) in [6.07, 6.45) is 5.85. The van der Waals surface area contributed by atoms with Gasteiger partial charge in [0.25, 0.3) is 5.91 Å². The first kappa shape index (κ1) is 17.2. The van der Waals surface area contributed by atoms with Crippen molar-refractivity contribution in [3.05, 3.63) is 47.9 Å². The molecule has 1 amide bonds. The highest BCUT2D eigenvalue weighted by Gasteiger charge is 2.15. The van der Waals surface area contributed by atoms with Gasteiger partial charge in [0, 0.05) is 25.7 Å². The fourth-order valence-electron chi connectivity index (χ4n) is 2.97. The number of piperidine rings is 1. The largest absolute Gasteiger partial charge is 0.497 e. The summed E-state index contributed by atoms with van der Waals surface area (Å²) in [4.78, 5) is 23.0. The minimum absolute atomic E-state index is 0.158. The Bertz CT molecular complexity index is 697. The minimum Gasteiger partial charge on any atom is -0.497 e. The predicted molar refractivity (Wildman–Crippen MR) is 97.1 cm³/mol. The Morgan fingerprint density at radius 2 is 1.92 bits per heavy atom. The van der Waals surface area contributed by atoms with E-state index in [1.165, 1.54) is 25.6 Å². The lowest BCUT2D eigenvalue weighted by molar-refractivity contribution is 0.0949. The molecule has 0 aliphatic carbocycles. The van der Waals surface area contributed by atoms with E-state index in [1.807, 2.05) is 24.3 Å². The van der Waals surface area contributed by atoms with Crippen LogP contribution in [-0.2, 0) is 6.42 Å². The summed E-state index contributed by atoms with van der Waals surface area (Å²) in [5.41, 5.74) is 1.57. The molecule has 0 unspecified atom stereocenters. The third-order valence-corrected chi connectivity index (χ3v) is 4.42. The molecule has 25 heavy (non-hydrogen) atoms. The molecule has 1 aromatic carbocycles. The molecule has 6 heteroatoms. The van der Waals surface area contributed by atoms with Crippen molar-refractivity contribution < 1.29 is 9.53 Å². The van der Waals surface area contributed by atoms with Crippen LogP contribution < -0.4 is 15.0 Å². The predicted octanol–water partition coefficient (Wildman–Crippen LogP) is 2.45. The molecular weight excluding hydrogens is 316 g/mol. The number of methoxy groups -OCH3 is 1. The number of aromatic nitrogens is 2. The number of amides is 1. The third kappa shape index (κ3) is 4.68. The molecule has 1 aliphatic heterocycles. The van der Waals surface area contributed by atoms with Crippen molar-refractivity contribution in [1.82, 2.24) is 15.3 Å². The summed E-state index contributed by atoms with van der Waals surface area (Å²) in [6.45, 7) is 2.55. The second kappa shape index (κ2) is 8.46. The van der Waals surface area contributed by atoms with Gasteiger partial charge in [-0.15, -0.1) is 0 Å². The summed E-state index contributed by atoms with van der Waals surface area (Å²) in [6, 6.07) is 9.64. The summed E-state index contributed by atoms with van der Waals surface area (Å²) < 4.78 is 5.14. The number of ether oxygens (including phenoxy) is 1. The molecule has 1 fully saturated rings. The topological polar surface area (TPSA) is 67.3 Å². The second-order valence-corrected chi connectivity index (χ2v) is 6.16. The second-order valence-electron chi connectivity index (χ2n) is 6.16. The Balaban J connectivity index is 1.53. The summed E-state index contributed by atoms with van der Waals surface area (Å²) in [5, 5.41) is 2.93. The number of rotatable bonds is 6. The van der Waals surface area contributed by atoms with Gasteiger partial charge in [-0.25, -0.2) is 9.97 Å². The fourth-order valence-corrected chi connectivity index (χ4v) is 2.97. The summed E-state index contributed by atoms with van der Waals surface area (Å²) >= 11 is 0. The average molecular weight is 340 g/mol. The smallest absolute Gasteiger partial charge is 0.270 e. The summed E-state index contributed by atoms with van der Waals surface area (Å²) in [5.74, 6) is 1.52. The Morgan fingerprint density at radius 1 is 1.16 bits per heavy atom. The van der Waals surface area contributed by atoms with E-state index in [9.17, 15) is 4.79 Å². The van der Waals surface area contributed by atoms with Crippen LogP contribution in [0.25, 0.3) is 0 Å². The number of carbonyl (C=O) groups excluding carboxylic acids is 1. The van der Waals surface area contributed by atoms with Crippen molar-refractivity contribution in [2.24, 2.45) is 0 Å². The Labute approximate surface area is 148 Å². The zero-order chi connectivity index (χ0) is 17.5. The molecule has 0 bridgehead atoms. The highest BCUT2D eigenvalue weighted by Crippen LogP contribution is 2.17. The van der Waals surface area contributed by atoms with E-state index in [-0.39, 0.29) is 5.91 Å². The van der Waals surface area contributed by atoms with Crippen molar-refractivity contribution in [3.8, 4) is 5.75 Å². The van der Waals surface area contributed by atoms with Gasteiger partial charge in [0.05, 0.1) is 7.11 Å². The number of hydrogen-bond acceptors (Lipinski definition) is 5. The first-order valence-corrected chi connectivity index (χ1v) is 8.74. The van der Waals surface area contributed by atoms with Crippen molar-refractivity contribution in [2.45, 2.75) is 25.7 Å². The summed E-state index contributed by atoms with van der Waals surface area (Å²) in [7, 11) is 1.65. The van der Waals surface area contributed by atoms with Gasteiger partial charge in [0.15, 0.2) is 0 Å². The van der Waals surface area contributed by atoms with E-state index < -0.39 is 0 Å². The number of nitrogens with zero attached hydrogens (tertiary/aromatic N) is 3. The Morgan fingerprint density at radius 3 is 2.64 bits per heavy atom. The van der Waals surface area contributed by atoms with E-state index in [4.69, 9.17) is 4.74 Å². The molecule has 0 saturated carbocycles. The molecule has 2 heterocycles. The van der Waals surface area contributed by atoms with Gasteiger partial charge in [0.2, 0.25) is 0 Å². The molecule has 0 radical (unpaired) electrons. The van der Waals surface area contributed by atoms with Gasteiger partial charge in [-0.1, -0.05) is 12.1 Å². The number of anilines is 1. The van der Waals surface area contributed by atoms with Crippen molar-refractivity contribution in [2.75, 3.05) is 31.6 Å². The van der Waals surface area contributed by atoms with Gasteiger partial charge in [-0.2, -0.15) is 0 Å².